The van der Waals surface area contributed by atoms with Gasteiger partial charge >= 0.3 is 5.97 Å². The van der Waals surface area contributed by atoms with Gasteiger partial charge in [-0.05, 0) is 48.4 Å². The topological polar surface area (TPSA) is 64.6 Å². The van der Waals surface area contributed by atoms with E-state index in [2.05, 4.69) is 5.32 Å². The van der Waals surface area contributed by atoms with Crippen LogP contribution >= 0.6 is 0 Å². The third-order valence-corrected chi connectivity index (χ3v) is 4.24. The zero-order chi connectivity index (χ0) is 21.2. The summed E-state index contributed by atoms with van der Waals surface area (Å²) in [6.45, 7) is 2.50. The van der Waals surface area contributed by atoms with Crippen LogP contribution in [-0.4, -0.2) is 18.5 Å². The first kappa shape index (κ1) is 20.9. The van der Waals surface area contributed by atoms with Crippen LogP contribution < -0.4 is 10.1 Å². The number of amides is 1. The molecule has 0 spiro atoms. The van der Waals surface area contributed by atoms with Gasteiger partial charge in [-0.2, -0.15) is 0 Å². The van der Waals surface area contributed by atoms with Gasteiger partial charge in [0.1, 0.15) is 12.4 Å². The lowest BCUT2D eigenvalue weighted by molar-refractivity contribution is -0.111. The van der Waals surface area contributed by atoms with Gasteiger partial charge in [0.05, 0.1) is 17.9 Å². The molecule has 0 aliphatic carbocycles. The standard InChI is InChI=1S/C25H23NO4/c1-2-29-25(28)22-10-6-7-11-23(22)26-24(27)17-14-19-12-15-21(16-13-19)30-18-20-8-4-3-5-9-20/h3-17H,2,18H2,1H3,(H,26,27). The summed E-state index contributed by atoms with van der Waals surface area (Å²) in [5.74, 6) is -0.0524. The Morgan fingerprint density at radius 3 is 2.33 bits per heavy atom. The Kier molecular flexibility index (Phi) is 7.39. The van der Waals surface area contributed by atoms with Crippen LogP contribution in [0.3, 0.4) is 0 Å². The van der Waals surface area contributed by atoms with Gasteiger partial charge in [0.15, 0.2) is 0 Å². The summed E-state index contributed by atoms with van der Waals surface area (Å²) >= 11 is 0. The van der Waals surface area contributed by atoms with Gasteiger partial charge in [-0.15, -0.1) is 0 Å². The molecule has 0 heterocycles. The number of esters is 1. The highest BCUT2D eigenvalue weighted by Crippen LogP contribution is 2.17. The van der Waals surface area contributed by atoms with Crippen molar-refractivity contribution in [1.29, 1.82) is 0 Å². The van der Waals surface area contributed by atoms with E-state index in [9.17, 15) is 9.59 Å². The molecule has 30 heavy (non-hydrogen) atoms. The summed E-state index contributed by atoms with van der Waals surface area (Å²) in [6, 6.07) is 24.1. The Bertz CT molecular complexity index is 1010. The second kappa shape index (κ2) is 10.6. The number of para-hydroxylation sites is 1. The Morgan fingerprint density at radius 2 is 1.60 bits per heavy atom. The Morgan fingerprint density at radius 1 is 0.900 bits per heavy atom. The summed E-state index contributed by atoms with van der Waals surface area (Å²) in [7, 11) is 0. The molecule has 0 aliphatic rings. The van der Waals surface area contributed by atoms with Crippen molar-refractivity contribution >= 4 is 23.6 Å². The maximum Gasteiger partial charge on any atom is 0.340 e. The predicted molar refractivity (Wildman–Crippen MR) is 117 cm³/mol. The third-order valence-electron chi connectivity index (χ3n) is 4.24. The Labute approximate surface area is 176 Å². The van der Waals surface area contributed by atoms with Crippen molar-refractivity contribution in [3.8, 4) is 5.75 Å². The van der Waals surface area contributed by atoms with E-state index < -0.39 is 5.97 Å². The number of anilines is 1. The predicted octanol–water partition coefficient (Wildman–Crippen LogP) is 5.09. The second-order valence-corrected chi connectivity index (χ2v) is 6.43. The number of hydrogen-bond donors (Lipinski definition) is 1. The molecule has 0 radical (unpaired) electrons. The smallest absolute Gasteiger partial charge is 0.340 e. The molecular formula is C25H23NO4. The highest BCUT2D eigenvalue weighted by atomic mass is 16.5. The van der Waals surface area contributed by atoms with Crippen molar-refractivity contribution < 1.29 is 19.1 Å². The zero-order valence-electron chi connectivity index (χ0n) is 16.7. The molecule has 5 heteroatoms. The first-order valence-electron chi connectivity index (χ1n) is 9.67. The average Bonchev–Trinajstić information content (AvgIpc) is 2.78. The van der Waals surface area contributed by atoms with E-state index in [0.717, 1.165) is 16.9 Å². The van der Waals surface area contributed by atoms with Crippen LogP contribution in [0.4, 0.5) is 5.69 Å². The lowest BCUT2D eigenvalue weighted by atomic mass is 10.1. The van der Waals surface area contributed by atoms with Crippen molar-refractivity contribution in [2.24, 2.45) is 0 Å². The van der Waals surface area contributed by atoms with E-state index in [1.165, 1.54) is 6.08 Å². The molecule has 3 aromatic rings. The summed E-state index contributed by atoms with van der Waals surface area (Å²) in [5, 5.41) is 2.72. The number of ether oxygens (including phenoxy) is 2. The largest absolute Gasteiger partial charge is 0.489 e. The maximum atomic E-state index is 12.3. The normalized spacial score (nSPS) is 10.6. The average molecular weight is 401 g/mol. The summed E-state index contributed by atoms with van der Waals surface area (Å²) in [5.41, 5.74) is 2.69. The molecule has 0 saturated heterocycles. The molecule has 3 aromatic carbocycles. The van der Waals surface area contributed by atoms with Gasteiger partial charge in [0, 0.05) is 6.08 Å². The molecule has 0 aliphatic heterocycles. The number of rotatable bonds is 8. The van der Waals surface area contributed by atoms with Crippen LogP contribution in [-0.2, 0) is 16.1 Å². The van der Waals surface area contributed by atoms with Crippen molar-refractivity contribution in [1.82, 2.24) is 0 Å². The monoisotopic (exact) mass is 401 g/mol. The van der Waals surface area contributed by atoms with Crippen molar-refractivity contribution in [3.05, 3.63) is 102 Å². The van der Waals surface area contributed by atoms with E-state index in [0.29, 0.717) is 17.9 Å². The van der Waals surface area contributed by atoms with Gasteiger partial charge in [0.25, 0.3) is 0 Å². The minimum Gasteiger partial charge on any atom is -0.489 e. The summed E-state index contributed by atoms with van der Waals surface area (Å²) < 4.78 is 10.8. The van der Waals surface area contributed by atoms with E-state index in [1.54, 1.807) is 37.3 Å². The zero-order valence-corrected chi connectivity index (χ0v) is 16.7. The lowest BCUT2D eigenvalue weighted by Gasteiger charge is -2.09. The quantitative estimate of drug-likeness (QED) is 0.422. The first-order chi connectivity index (χ1) is 14.7. The minimum atomic E-state index is -0.469. The Hall–Kier alpha value is -3.86. The lowest BCUT2D eigenvalue weighted by Crippen LogP contribution is -2.13. The van der Waals surface area contributed by atoms with Gasteiger partial charge in [-0.3, -0.25) is 4.79 Å². The molecule has 5 nitrogen and oxygen atoms in total. The minimum absolute atomic E-state index is 0.270. The van der Waals surface area contributed by atoms with Crippen LogP contribution in [0, 0.1) is 0 Å². The van der Waals surface area contributed by atoms with Crippen LogP contribution in [0.1, 0.15) is 28.4 Å². The highest BCUT2D eigenvalue weighted by molar-refractivity contribution is 6.06. The molecule has 1 N–H and O–H groups in total. The molecular weight excluding hydrogens is 378 g/mol. The van der Waals surface area contributed by atoms with E-state index in [4.69, 9.17) is 9.47 Å². The summed E-state index contributed by atoms with van der Waals surface area (Å²) in [6.07, 6.45) is 3.12. The molecule has 0 bridgehead atoms. The maximum absolute atomic E-state index is 12.3. The van der Waals surface area contributed by atoms with Crippen LogP contribution in [0.2, 0.25) is 0 Å². The van der Waals surface area contributed by atoms with Gasteiger partial charge in [0.2, 0.25) is 5.91 Å². The van der Waals surface area contributed by atoms with Crippen LogP contribution in [0.15, 0.2) is 84.9 Å². The van der Waals surface area contributed by atoms with Gasteiger partial charge in [-0.1, -0.05) is 54.6 Å². The van der Waals surface area contributed by atoms with Crippen molar-refractivity contribution in [2.75, 3.05) is 11.9 Å². The molecule has 0 saturated carbocycles. The fraction of sp³-hybridized carbons (Fsp3) is 0.120. The molecule has 152 valence electrons. The second-order valence-electron chi connectivity index (χ2n) is 6.43. The fourth-order valence-electron chi connectivity index (χ4n) is 2.74. The van der Waals surface area contributed by atoms with E-state index in [1.807, 2.05) is 54.6 Å². The number of carbonyl (C=O) groups is 2. The fourth-order valence-corrected chi connectivity index (χ4v) is 2.74. The van der Waals surface area contributed by atoms with E-state index >= 15 is 0 Å². The third kappa shape index (κ3) is 6.07. The van der Waals surface area contributed by atoms with E-state index in [-0.39, 0.29) is 12.5 Å². The number of carbonyl (C=O) groups excluding carboxylic acids is 2. The Balaban J connectivity index is 1.57. The number of benzene rings is 3. The van der Waals surface area contributed by atoms with Gasteiger partial charge in [-0.25, -0.2) is 4.79 Å². The molecule has 1 amide bonds. The van der Waals surface area contributed by atoms with Crippen molar-refractivity contribution in [3.63, 3.8) is 0 Å². The SMILES string of the molecule is CCOC(=O)c1ccccc1NC(=O)C=Cc1ccc(OCc2ccccc2)cc1. The number of nitrogens with one attached hydrogen (secondary N) is 1. The molecule has 0 atom stereocenters. The molecule has 0 fully saturated rings. The molecule has 0 unspecified atom stereocenters. The van der Waals surface area contributed by atoms with Crippen molar-refractivity contribution in [2.45, 2.75) is 13.5 Å². The first-order valence-corrected chi connectivity index (χ1v) is 9.67. The van der Waals surface area contributed by atoms with Gasteiger partial charge < -0.3 is 14.8 Å². The molecule has 3 rings (SSSR count). The summed E-state index contributed by atoms with van der Waals surface area (Å²) in [4.78, 5) is 24.3. The van der Waals surface area contributed by atoms with Crippen LogP contribution in [0.25, 0.3) is 6.08 Å². The molecule has 0 aromatic heterocycles. The highest BCUT2D eigenvalue weighted by Gasteiger charge is 2.12. The number of hydrogen-bond acceptors (Lipinski definition) is 4. The van der Waals surface area contributed by atoms with Crippen LogP contribution in [0.5, 0.6) is 5.75 Å².